The third-order valence-electron chi connectivity index (χ3n) is 4.04. The minimum absolute atomic E-state index is 0.297. The number of rotatable bonds is 11. The Morgan fingerprint density at radius 2 is 1.50 bits per heavy atom. The second kappa shape index (κ2) is 11.4. The minimum Gasteiger partial charge on any atom is -0.480 e. The average molecular weight is 374 g/mol. The predicted molar refractivity (Wildman–Crippen MR) is 93.9 cm³/mol. The Balaban J connectivity index is 5.16. The zero-order chi connectivity index (χ0) is 20.4. The third kappa shape index (κ3) is 7.36. The van der Waals surface area contributed by atoms with Gasteiger partial charge in [0.25, 0.3) is 0 Å². The smallest absolute Gasteiger partial charge is 0.326 e. The van der Waals surface area contributed by atoms with Crippen LogP contribution in [0.2, 0.25) is 0 Å². The van der Waals surface area contributed by atoms with Crippen molar-refractivity contribution in [1.29, 1.82) is 0 Å². The summed E-state index contributed by atoms with van der Waals surface area (Å²) in [5.74, 6) is -3.86. The lowest BCUT2D eigenvalue weighted by atomic mass is 9.97. The van der Waals surface area contributed by atoms with Gasteiger partial charge in [-0.05, 0) is 11.8 Å². The predicted octanol–water partition coefficient (Wildman–Crippen LogP) is -1.82. The fourth-order valence-corrected chi connectivity index (χ4v) is 2.16. The van der Waals surface area contributed by atoms with Crippen molar-refractivity contribution in [2.45, 2.75) is 52.2 Å². The maximum Gasteiger partial charge on any atom is 0.326 e. The number of carboxylic acids is 1. The second-order valence-corrected chi connectivity index (χ2v) is 6.45. The molecule has 4 atom stereocenters. The number of amides is 3. The third-order valence-corrected chi connectivity index (χ3v) is 4.04. The van der Waals surface area contributed by atoms with Crippen molar-refractivity contribution in [2.24, 2.45) is 17.6 Å². The Morgan fingerprint density at radius 3 is 1.88 bits per heavy atom. The van der Waals surface area contributed by atoms with Gasteiger partial charge < -0.3 is 31.9 Å². The highest BCUT2D eigenvalue weighted by atomic mass is 16.4. The zero-order valence-electron chi connectivity index (χ0n) is 15.6. The average Bonchev–Trinajstić information content (AvgIpc) is 2.59. The van der Waals surface area contributed by atoms with Gasteiger partial charge in [0.2, 0.25) is 17.7 Å². The van der Waals surface area contributed by atoms with E-state index in [-0.39, 0.29) is 18.4 Å². The number of aliphatic carboxylic acids is 1. The van der Waals surface area contributed by atoms with Gasteiger partial charge in [0.15, 0.2) is 0 Å². The molecule has 3 amide bonds. The molecular weight excluding hydrogens is 344 g/mol. The summed E-state index contributed by atoms with van der Waals surface area (Å²) in [6.07, 6.45) is 0.549. The molecule has 26 heavy (non-hydrogen) atoms. The Bertz CT molecular complexity index is 511. The summed E-state index contributed by atoms with van der Waals surface area (Å²) < 4.78 is 0. The first-order valence-electron chi connectivity index (χ1n) is 8.52. The van der Waals surface area contributed by atoms with Crippen molar-refractivity contribution in [3.63, 3.8) is 0 Å². The molecule has 0 aromatic heterocycles. The Morgan fingerprint density at radius 1 is 0.962 bits per heavy atom. The van der Waals surface area contributed by atoms with Gasteiger partial charge >= 0.3 is 5.97 Å². The molecule has 4 unspecified atom stereocenters. The van der Waals surface area contributed by atoms with E-state index in [1.54, 1.807) is 27.7 Å². The van der Waals surface area contributed by atoms with Crippen molar-refractivity contribution in [3.8, 4) is 0 Å². The van der Waals surface area contributed by atoms with E-state index in [1.807, 2.05) is 0 Å². The molecule has 0 aliphatic carbocycles. The van der Waals surface area contributed by atoms with Crippen LogP contribution >= 0.6 is 0 Å². The van der Waals surface area contributed by atoms with E-state index in [0.717, 1.165) is 0 Å². The maximum absolute atomic E-state index is 12.5. The summed E-state index contributed by atoms with van der Waals surface area (Å²) in [6, 6.07) is -3.38. The molecule has 10 nitrogen and oxygen atoms in total. The van der Waals surface area contributed by atoms with E-state index in [0.29, 0.717) is 6.42 Å². The lowest BCUT2D eigenvalue weighted by Crippen LogP contribution is -2.59. The lowest BCUT2D eigenvalue weighted by molar-refractivity contribution is -0.144. The van der Waals surface area contributed by atoms with Crippen molar-refractivity contribution < 1.29 is 29.4 Å². The normalized spacial score (nSPS) is 15.5. The van der Waals surface area contributed by atoms with Crippen molar-refractivity contribution in [2.75, 3.05) is 13.2 Å². The summed E-state index contributed by atoms with van der Waals surface area (Å²) in [4.78, 5) is 47.4. The number of carbonyl (C=O) groups excluding carboxylic acids is 3. The van der Waals surface area contributed by atoms with Gasteiger partial charge in [0.1, 0.15) is 18.1 Å². The van der Waals surface area contributed by atoms with Crippen LogP contribution in [0.3, 0.4) is 0 Å². The van der Waals surface area contributed by atoms with Crippen LogP contribution in [-0.4, -0.2) is 65.2 Å². The highest BCUT2D eigenvalue weighted by Crippen LogP contribution is 2.10. The van der Waals surface area contributed by atoms with Crippen LogP contribution in [0.15, 0.2) is 0 Å². The van der Waals surface area contributed by atoms with E-state index in [4.69, 9.17) is 5.73 Å². The topological polar surface area (TPSA) is 171 Å². The molecule has 10 heteroatoms. The van der Waals surface area contributed by atoms with Crippen LogP contribution in [0.1, 0.15) is 34.1 Å². The quantitative estimate of drug-likeness (QED) is 0.247. The van der Waals surface area contributed by atoms with E-state index in [1.165, 1.54) is 0 Å². The number of aliphatic hydroxyl groups is 1. The van der Waals surface area contributed by atoms with Gasteiger partial charge in [0.05, 0.1) is 13.2 Å². The number of nitrogens with two attached hydrogens (primary N) is 1. The molecule has 0 radical (unpaired) electrons. The molecule has 0 aliphatic heterocycles. The molecule has 0 bridgehead atoms. The number of carboxylic acid groups (broad SMARTS) is 1. The second-order valence-electron chi connectivity index (χ2n) is 6.45. The van der Waals surface area contributed by atoms with Gasteiger partial charge in [0, 0.05) is 0 Å². The molecular formula is C16H30N4O6. The molecule has 0 spiro atoms. The number of hydrogen-bond acceptors (Lipinski definition) is 6. The first kappa shape index (κ1) is 23.8. The Hall–Kier alpha value is -2.20. The van der Waals surface area contributed by atoms with E-state index in [2.05, 4.69) is 16.0 Å². The number of aliphatic hydroxyl groups excluding tert-OH is 1. The van der Waals surface area contributed by atoms with Gasteiger partial charge in [-0.15, -0.1) is 0 Å². The van der Waals surface area contributed by atoms with Gasteiger partial charge in [-0.3, -0.25) is 14.4 Å². The van der Waals surface area contributed by atoms with Crippen molar-refractivity contribution in [1.82, 2.24) is 16.0 Å². The van der Waals surface area contributed by atoms with Gasteiger partial charge in [-0.25, -0.2) is 4.79 Å². The largest absolute Gasteiger partial charge is 0.480 e. The van der Waals surface area contributed by atoms with Crippen LogP contribution < -0.4 is 21.7 Å². The van der Waals surface area contributed by atoms with Crippen molar-refractivity contribution >= 4 is 23.7 Å². The standard InChI is InChI=1S/C16H30N4O6/c1-5-9(4)13(16(25)26)20-15(24)12(8(2)3)19-14(23)10(7-21)18-11(22)6-17/h8-10,12-13,21H,5-7,17H2,1-4H3,(H,18,22)(H,19,23)(H,20,24)(H,25,26). The van der Waals surface area contributed by atoms with E-state index < -0.39 is 48.4 Å². The van der Waals surface area contributed by atoms with Crippen molar-refractivity contribution in [3.05, 3.63) is 0 Å². The summed E-state index contributed by atoms with van der Waals surface area (Å²) in [7, 11) is 0. The van der Waals surface area contributed by atoms with Gasteiger partial charge in [-0.1, -0.05) is 34.1 Å². The number of nitrogens with one attached hydrogen (secondary N) is 3. The molecule has 150 valence electrons. The first-order valence-corrected chi connectivity index (χ1v) is 8.52. The summed E-state index contributed by atoms with van der Waals surface area (Å²) in [6.45, 7) is 5.83. The summed E-state index contributed by atoms with van der Waals surface area (Å²) in [5, 5.41) is 25.7. The fourth-order valence-electron chi connectivity index (χ4n) is 2.16. The molecule has 0 fully saturated rings. The molecule has 0 aromatic carbocycles. The maximum atomic E-state index is 12.5. The number of hydrogen-bond donors (Lipinski definition) is 6. The van der Waals surface area contributed by atoms with Crippen LogP contribution in [0.4, 0.5) is 0 Å². The molecule has 0 rings (SSSR count). The first-order chi connectivity index (χ1) is 12.1. The molecule has 7 N–H and O–H groups in total. The Labute approximate surface area is 152 Å². The van der Waals surface area contributed by atoms with Crippen LogP contribution in [0.5, 0.6) is 0 Å². The Kier molecular flexibility index (Phi) is 10.5. The van der Waals surface area contributed by atoms with E-state index in [9.17, 15) is 29.4 Å². The molecule has 0 saturated carbocycles. The molecule has 0 heterocycles. The molecule has 0 aromatic rings. The summed E-state index contributed by atoms with van der Waals surface area (Å²) in [5.41, 5.74) is 5.15. The highest BCUT2D eigenvalue weighted by molar-refractivity contribution is 5.93. The SMILES string of the molecule is CCC(C)C(NC(=O)C(NC(=O)C(CO)NC(=O)CN)C(C)C)C(=O)O. The molecule has 0 aliphatic rings. The summed E-state index contributed by atoms with van der Waals surface area (Å²) >= 11 is 0. The monoisotopic (exact) mass is 374 g/mol. The van der Waals surface area contributed by atoms with Crippen LogP contribution in [0.25, 0.3) is 0 Å². The lowest BCUT2D eigenvalue weighted by Gasteiger charge is -2.27. The highest BCUT2D eigenvalue weighted by Gasteiger charge is 2.32. The van der Waals surface area contributed by atoms with Crippen LogP contribution in [-0.2, 0) is 19.2 Å². The number of carbonyl (C=O) groups is 4. The molecule has 0 saturated heterocycles. The minimum atomic E-state index is -1.26. The van der Waals surface area contributed by atoms with E-state index >= 15 is 0 Å². The van der Waals surface area contributed by atoms with Gasteiger partial charge in [-0.2, -0.15) is 0 Å². The zero-order valence-corrected chi connectivity index (χ0v) is 15.6. The van der Waals surface area contributed by atoms with Crippen LogP contribution in [0, 0.1) is 11.8 Å². The fraction of sp³-hybridized carbons (Fsp3) is 0.750.